The first-order chi connectivity index (χ1) is 11.9. The van der Waals surface area contributed by atoms with Gasteiger partial charge in [0.25, 0.3) is 0 Å². The number of rotatable bonds is 3. The van der Waals surface area contributed by atoms with E-state index in [-0.39, 0.29) is 24.8 Å². The molecule has 130 valence electrons. The first-order valence-corrected chi connectivity index (χ1v) is 8.75. The van der Waals surface area contributed by atoms with Gasteiger partial charge in [0.05, 0.1) is 21.7 Å². The van der Waals surface area contributed by atoms with Crippen LogP contribution in [0.3, 0.4) is 0 Å². The van der Waals surface area contributed by atoms with Gasteiger partial charge in [-0.25, -0.2) is 0 Å². The lowest BCUT2D eigenvalue weighted by molar-refractivity contribution is -0.122. The second-order valence-corrected chi connectivity index (χ2v) is 7.05. The standard InChI is InChI=1S/C19H18Cl2N2O2/c1-11-6-7-14(8-12(11)2)22-19(25)13-9-17(24)23(10-13)16-5-3-4-15(20)18(16)21/h3-8,13H,9-10H2,1-2H3,(H,22,25)/t13-/m0/s1. The number of nitrogens with one attached hydrogen (secondary N) is 1. The highest BCUT2D eigenvalue weighted by molar-refractivity contribution is 6.44. The minimum absolute atomic E-state index is 0.135. The Hall–Kier alpha value is -2.04. The monoisotopic (exact) mass is 376 g/mol. The second kappa shape index (κ2) is 7.06. The molecule has 0 aliphatic carbocycles. The maximum Gasteiger partial charge on any atom is 0.229 e. The van der Waals surface area contributed by atoms with Crippen LogP contribution in [0.4, 0.5) is 11.4 Å². The van der Waals surface area contributed by atoms with Gasteiger partial charge in [-0.1, -0.05) is 35.3 Å². The van der Waals surface area contributed by atoms with Crippen molar-refractivity contribution in [1.29, 1.82) is 0 Å². The molecule has 0 unspecified atom stereocenters. The first-order valence-electron chi connectivity index (χ1n) is 7.99. The molecule has 0 aromatic heterocycles. The number of hydrogen-bond donors (Lipinski definition) is 1. The third kappa shape index (κ3) is 3.65. The van der Waals surface area contributed by atoms with Crippen LogP contribution in [0.25, 0.3) is 0 Å². The van der Waals surface area contributed by atoms with Crippen molar-refractivity contribution in [2.45, 2.75) is 20.3 Å². The molecule has 2 aromatic rings. The third-order valence-electron chi connectivity index (χ3n) is 4.49. The Morgan fingerprint density at radius 1 is 1.16 bits per heavy atom. The van der Waals surface area contributed by atoms with Gasteiger partial charge in [-0.2, -0.15) is 0 Å². The van der Waals surface area contributed by atoms with Gasteiger partial charge >= 0.3 is 0 Å². The highest BCUT2D eigenvalue weighted by Gasteiger charge is 2.36. The zero-order chi connectivity index (χ0) is 18.1. The lowest BCUT2D eigenvalue weighted by Crippen LogP contribution is -2.28. The van der Waals surface area contributed by atoms with E-state index in [0.717, 1.165) is 16.8 Å². The van der Waals surface area contributed by atoms with Gasteiger partial charge in [-0.15, -0.1) is 0 Å². The molecule has 1 aliphatic heterocycles. The molecule has 0 radical (unpaired) electrons. The zero-order valence-corrected chi connectivity index (χ0v) is 15.5. The highest BCUT2D eigenvalue weighted by Crippen LogP contribution is 2.35. The molecule has 1 aliphatic rings. The van der Waals surface area contributed by atoms with E-state index < -0.39 is 5.92 Å². The lowest BCUT2D eigenvalue weighted by Gasteiger charge is -2.18. The largest absolute Gasteiger partial charge is 0.326 e. The minimum atomic E-state index is -0.427. The molecule has 3 rings (SSSR count). The number of nitrogens with zero attached hydrogens (tertiary/aromatic N) is 1. The van der Waals surface area contributed by atoms with Gasteiger partial charge < -0.3 is 10.2 Å². The molecule has 1 saturated heterocycles. The molecule has 4 nitrogen and oxygen atoms in total. The SMILES string of the molecule is Cc1ccc(NC(=O)[C@H]2CC(=O)N(c3cccc(Cl)c3Cl)C2)cc1C. The van der Waals surface area contributed by atoms with E-state index in [0.29, 0.717) is 15.7 Å². The summed E-state index contributed by atoms with van der Waals surface area (Å²) in [4.78, 5) is 26.4. The second-order valence-electron chi connectivity index (χ2n) is 6.27. The van der Waals surface area contributed by atoms with Crippen molar-refractivity contribution in [3.63, 3.8) is 0 Å². The van der Waals surface area contributed by atoms with Gasteiger partial charge in [0.1, 0.15) is 0 Å². The number of amides is 2. The summed E-state index contributed by atoms with van der Waals surface area (Å²) in [6, 6.07) is 10.9. The van der Waals surface area contributed by atoms with Crippen molar-refractivity contribution in [1.82, 2.24) is 0 Å². The van der Waals surface area contributed by atoms with Crippen molar-refractivity contribution in [2.24, 2.45) is 5.92 Å². The normalized spacial score (nSPS) is 17.0. The number of carbonyl (C=O) groups excluding carboxylic acids is 2. The molecule has 2 amide bonds. The number of aryl methyl sites for hydroxylation is 2. The molecule has 1 N–H and O–H groups in total. The average Bonchev–Trinajstić information content (AvgIpc) is 2.95. The first kappa shape index (κ1) is 17.8. The summed E-state index contributed by atoms with van der Waals surface area (Å²) in [5.74, 6) is -0.731. The molecular weight excluding hydrogens is 359 g/mol. The zero-order valence-electron chi connectivity index (χ0n) is 14.0. The van der Waals surface area contributed by atoms with E-state index in [1.54, 1.807) is 18.2 Å². The number of anilines is 2. The molecule has 1 atom stereocenters. The lowest BCUT2D eigenvalue weighted by atomic mass is 10.1. The topological polar surface area (TPSA) is 49.4 Å². The smallest absolute Gasteiger partial charge is 0.229 e. The number of benzene rings is 2. The fourth-order valence-corrected chi connectivity index (χ4v) is 3.28. The van der Waals surface area contributed by atoms with Crippen LogP contribution in [0, 0.1) is 19.8 Å². The van der Waals surface area contributed by atoms with Gasteiger partial charge in [0, 0.05) is 18.7 Å². The van der Waals surface area contributed by atoms with Crippen molar-refractivity contribution in [3.8, 4) is 0 Å². The Morgan fingerprint density at radius 3 is 2.64 bits per heavy atom. The molecular formula is C19H18Cl2N2O2. The van der Waals surface area contributed by atoms with Crippen molar-refractivity contribution < 1.29 is 9.59 Å². The van der Waals surface area contributed by atoms with Crippen LogP contribution in [0.1, 0.15) is 17.5 Å². The molecule has 6 heteroatoms. The van der Waals surface area contributed by atoms with Gasteiger partial charge in [-0.3, -0.25) is 9.59 Å². The fourth-order valence-electron chi connectivity index (χ4n) is 2.88. The summed E-state index contributed by atoms with van der Waals surface area (Å²) >= 11 is 12.2. The van der Waals surface area contributed by atoms with Crippen LogP contribution in [0.15, 0.2) is 36.4 Å². The predicted octanol–water partition coefficient (Wildman–Crippen LogP) is 4.60. The van der Waals surface area contributed by atoms with E-state index in [9.17, 15) is 9.59 Å². The van der Waals surface area contributed by atoms with Crippen molar-refractivity contribution >= 4 is 46.4 Å². The fraction of sp³-hybridized carbons (Fsp3) is 0.263. The summed E-state index contributed by atoms with van der Waals surface area (Å²) in [5.41, 5.74) is 3.55. The number of carbonyl (C=O) groups is 2. The summed E-state index contributed by atoms with van der Waals surface area (Å²) in [6.07, 6.45) is 0.152. The van der Waals surface area contributed by atoms with Gasteiger partial charge in [-0.05, 0) is 49.2 Å². The average molecular weight is 377 g/mol. The van der Waals surface area contributed by atoms with Crippen LogP contribution in [-0.4, -0.2) is 18.4 Å². The van der Waals surface area contributed by atoms with E-state index >= 15 is 0 Å². The summed E-state index contributed by atoms with van der Waals surface area (Å²) in [7, 11) is 0. The van der Waals surface area contributed by atoms with Crippen LogP contribution in [0.2, 0.25) is 10.0 Å². The quantitative estimate of drug-likeness (QED) is 0.850. The van der Waals surface area contributed by atoms with Crippen LogP contribution >= 0.6 is 23.2 Å². The maximum absolute atomic E-state index is 12.5. The summed E-state index contributed by atoms with van der Waals surface area (Å²) < 4.78 is 0. The molecule has 25 heavy (non-hydrogen) atoms. The van der Waals surface area contributed by atoms with Gasteiger partial charge in [0.15, 0.2) is 0 Å². The Balaban J connectivity index is 1.74. The Morgan fingerprint density at radius 2 is 1.92 bits per heavy atom. The Labute approximate surface area is 156 Å². The summed E-state index contributed by atoms with van der Waals surface area (Å²) in [5, 5.41) is 3.60. The predicted molar refractivity (Wildman–Crippen MR) is 101 cm³/mol. The van der Waals surface area contributed by atoms with E-state index in [2.05, 4.69) is 5.32 Å². The number of hydrogen-bond acceptors (Lipinski definition) is 2. The van der Waals surface area contributed by atoms with Crippen LogP contribution in [-0.2, 0) is 9.59 Å². The van der Waals surface area contributed by atoms with Crippen LogP contribution in [0.5, 0.6) is 0 Å². The molecule has 0 saturated carbocycles. The molecule has 0 bridgehead atoms. The Kier molecular flexibility index (Phi) is 5.02. The number of halogens is 2. The molecule has 0 spiro atoms. The van der Waals surface area contributed by atoms with E-state index in [4.69, 9.17) is 23.2 Å². The van der Waals surface area contributed by atoms with E-state index in [1.807, 2.05) is 32.0 Å². The van der Waals surface area contributed by atoms with Crippen molar-refractivity contribution in [2.75, 3.05) is 16.8 Å². The minimum Gasteiger partial charge on any atom is -0.326 e. The highest BCUT2D eigenvalue weighted by atomic mass is 35.5. The van der Waals surface area contributed by atoms with Gasteiger partial charge in [0.2, 0.25) is 11.8 Å². The summed E-state index contributed by atoms with van der Waals surface area (Å²) in [6.45, 7) is 4.30. The maximum atomic E-state index is 12.5. The molecule has 1 heterocycles. The molecule has 2 aromatic carbocycles. The van der Waals surface area contributed by atoms with E-state index in [1.165, 1.54) is 4.90 Å². The molecule has 1 fully saturated rings. The van der Waals surface area contributed by atoms with Crippen molar-refractivity contribution in [3.05, 3.63) is 57.6 Å². The van der Waals surface area contributed by atoms with Crippen LogP contribution < -0.4 is 10.2 Å². The Bertz CT molecular complexity index is 851. The third-order valence-corrected chi connectivity index (χ3v) is 5.30.